The number of amides is 4. The number of hydrogen-bond donors (Lipinski definition) is 6. The molecule has 11 nitrogen and oxygen atoms in total. The standard InChI is InChI=1S/C26H34N4O7/c1-16(2)12-21(24(34)28-20(23(27)33)13-17-8-10-19(32)11-9-17)29-25(35)22(14-31)30-26(36)37-15-18-6-4-3-5-7-18/h3-11,16,20-22,31-32H,12-15H2,1-2H3,(H2,27,33)(H,28,34)(H,29,35)(H,30,36)/t20-,21+,22-/m1/s1. The molecule has 11 heteroatoms. The summed E-state index contributed by atoms with van der Waals surface area (Å²) in [4.78, 5) is 49.9. The van der Waals surface area contributed by atoms with Gasteiger partial charge in [-0.15, -0.1) is 0 Å². The van der Waals surface area contributed by atoms with E-state index in [1.54, 1.807) is 36.4 Å². The first kappa shape index (κ1) is 29.1. The van der Waals surface area contributed by atoms with Gasteiger partial charge in [-0.25, -0.2) is 4.79 Å². The molecule has 7 N–H and O–H groups in total. The van der Waals surface area contributed by atoms with Crippen LogP contribution >= 0.6 is 0 Å². The fraction of sp³-hybridized carbons (Fsp3) is 0.385. The van der Waals surface area contributed by atoms with Crippen LogP contribution in [0.25, 0.3) is 0 Å². The summed E-state index contributed by atoms with van der Waals surface area (Å²) in [6.07, 6.45) is -0.609. The largest absolute Gasteiger partial charge is 0.508 e. The monoisotopic (exact) mass is 514 g/mol. The number of carbonyl (C=O) groups excluding carboxylic acids is 4. The van der Waals surface area contributed by atoms with E-state index in [1.165, 1.54) is 12.1 Å². The summed E-state index contributed by atoms with van der Waals surface area (Å²) in [5, 5.41) is 26.5. The lowest BCUT2D eigenvalue weighted by atomic mass is 10.0. The Morgan fingerprint density at radius 2 is 1.43 bits per heavy atom. The predicted molar refractivity (Wildman–Crippen MR) is 135 cm³/mol. The van der Waals surface area contributed by atoms with Crippen molar-refractivity contribution in [2.45, 2.75) is 51.4 Å². The van der Waals surface area contributed by atoms with Gasteiger partial charge >= 0.3 is 6.09 Å². The molecule has 0 heterocycles. The summed E-state index contributed by atoms with van der Waals surface area (Å²) >= 11 is 0. The number of rotatable bonds is 13. The van der Waals surface area contributed by atoms with Gasteiger partial charge in [-0.2, -0.15) is 0 Å². The molecular weight excluding hydrogens is 480 g/mol. The number of aromatic hydroxyl groups is 1. The van der Waals surface area contributed by atoms with Crippen molar-refractivity contribution in [2.24, 2.45) is 11.7 Å². The van der Waals surface area contributed by atoms with E-state index in [9.17, 15) is 29.4 Å². The van der Waals surface area contributed by atoms with Gasteiger partial charge in [0.25, 0.3) is 0 Å². The molecule has 0 aliphatic rings. The molecule has 4 amide bonds. The summed E-state index contributed by atoms with van der Waals surface area (Å²) in [7, 11) is 0. The molecule has 0 saturated carbocycles. The van der Waals surface area contributed by atoms with E-state index in [4.69, 9.17) is 10.5 Å². The van der Waals surface area contributed by atoms with Crippen molar-refractivity contribution >= 4 is 23.8 Å². The number of nitrogens with one attached hydrogen (secondary N) is 3. The van der Waals surface area contributed by atoms with Crippen LogP contribution in [0, 0.1) is 5.92 Å². The van der Waals surface area contributed by atoms with Crippen LogP contribution in [0.5, 0.6) is 5.75 Å². The quantitative estimate of drug-likeness (QED) is 0.228. The van der Waals surface area contributed by atoms with E-state index < -0.39 is 48.5 Å². The van der Waals surface area contributed by atoms with Gasteiger partial charge in [0.2, 0.25) is 17.7 Å². The zero-order chi connectivity index (χ0) is 27.4. The van der Waals surface area contributed by atoms with Gasteiger partial charge in [0.1, 0.15) is 30.5 Å². The van der Waals surface area contributed by atoms with E-state index in [0.717, 1.165) is 5.56 Å². The Bertz CT molecular complexity index is 1040. The van der Waals surface area contributed by atoms with Crippen LogP contribution in [0.2, 0.25) is 0 Å². The minimum absolute atomic E-state index is 0.0171. The second-order valence-electron chi connectivity index (χ2n) is 8.97. The summed E-state index contributed by atoms with van der Waals surface area (Å²) < 4.78 is 5.08. The summed E-state index contributed by atoms with van der Waals surface area (Å²) in [6, 6.07) is 11.5. The maximum atomic E-state index is 13.0. The molecule has 0 aromatic heterocycles. The Kier molecular flexibility index (Phi) is 11.4. The minimum Gasteiger partial charge on any atom is -0.508 e. The predicted octanol–water partition coefficient (Wildman–Crippen LogP) is 0.723. The number of hydrogen-bond acceptors (Lipinski definition) is 7. The second kappa shape index (κ2) is 14.4. The molecule has 0 aliphatic heterocycles. The molecule has 0 spiro atoms. The average Bonchev–Trinajstić information content (AvgIpc) is 2.86. The van der Waals surface area contributed by atoms with Crippen molar-refractivity contribution in [3.8, 4) is 5.75 Å². The molecule has 3 atom stereocenters. The number of phenolic OH excluding ortho intramolecular Hbond substituents is 1. The highest BCUT2D eigenvalue weighted by Crippen LogP contribution is 2.12. The van der Waals surface area contributed by atoms with Crippen molar-refractivity contribution in [3.05, 3.63) is 65.7 Å². The molecule has 2 rings (SSSR count). The zero-order valence-electron chi connectivity index (χ0n) is 20.8. The third kappa shape index (κ3) is 10.2. The molecule has 0 bridgehead atoms. The molecule has 0 unspecified atom stereocenters. The molecule has 0 saturated heterocycles. The molecule has 0 fully saturated rings. The van der Waals surface area contributed by atoms with Gasteiger partial charge in [0.15, 0.2) is 0 Å². The normalized spacial score (nSPS) is 13.2. The summed E-state index contributed by atoms with van der Waals surface area (Å²) in [5.41, 5.74) is 6.88. The van der Waals surface area contributed by atoms with E-state index in [1.807, 2.05) is 19.9 Å². The van der Waals surface area contributed by atoms with Crippen LogP contribution in [0.15, 0.2) is 54.6 Å². The van der Waals surface area contributed by atoms with Gasteiger partial charge in [-0.1, -0.05) is 56.3 Å². The Balaban J connectivity index is 2.01. The first-order valence-electron chi connectivity index (χ1n) is 11.8. The smallest absolute Gasteiger partial charge is 0.408 e. The van der Waals surface area contributed by atoms with E-state index in [0.29, 0.717) is 5.56 Å². The van der Waals surface area contributed by atoms with E-state index in [2.05, 4.69) is 16.0 Å². The number of carbonyl (C=O) groups is 4. The first-order chi connectivity index (χ1) is 17.6. The van der Waals surface area contributed by atoms with Crippen LogP contribution in [0.4, 0.5) is 4.79 Å². The molecule has 0 radical (unpaired) electrons. The topological polar surface area (TPSA) is 180 Å². The van der Waals surface area contributed by atoms with E-state index in [-0.39, 0.29) is 31.1 Å². The zero-order valence-corrected chi connectivity index (χ0v) is 20.8. The number of primary amides is 1. The van der Waals surface area contributed by atoms with E-state index >= 15 is 0 Å². The van der Waals surface area contributed by atoms with Crippen molar-refractivity contribution in [1.82, 2.24) is 16.0 Å². The number of aliphatic hydroxyl groups excluding tert-OH is 1. The third-order valence-electron chi connectivity index (χ3n) is 5.38. The van der Waals surface area contributed by atoms with Crippen LogP contribution in [0.1, 0.15) is 31.4 Å². The Morgan fingerprint density at radius 3 is 2.00 bits per heavy atom. The first-order valence-corrected chi connectivity index (χ1v) is 11.8. The van der Waals surface area contributed by atoms with Crippen molar-refractivity contribution in [2.75, 3.05) is 6.61 Å². The fourth-order valence-electron chi connectivity index (χ4n) is 3.44. The average molecular weight is 515 g/mol. The number of benzene rings is 2. The van der Waals surface area contributed by atoms with Gasteiger partial charge in [-0.3, -0.25) is 14.4 Å². The molecule has 200 valence electrons. The molecule has 37 heavy (non-hydrogen) atoms. The second-order valence-corrected chi connectivity index (χ2v) is 8.97. The summed E-state index contributed by atoms with van der Waals surface area (Å²) in [5.74, 6) is -2.18. The highest BCUT2D eigenvalue weighted by atomic mass is 16.5. The minimum atomic E-state index is -1.37. The van der Waals surface area contributed by atoms with Gasteiger partial charge in [0.05, 0.1) is 6.61 Å². The van der Waals surface area contributed by atoms with Crippen LogP contribution < -0.4 is 21.7 Å². The lowest BCUT2D eigenvalue weighted by molar-refractivity contribution is -0.132. The summed E-state index contributed by atoms with van der Waals surface area (Å²) in [6.45, 7) is 2.93. The van der Waals surface area contributed by atoms with Crippen LogP contribution in [0.3, 0.4) is 0 Å². The SMILES string of the molecule is CC(C)C[C@H](NC(=O)[C@@H](CO)NC(=O)OCc1ccccc1)C(=O)N[C@H](Cc1ccc(O)cc1)C(N)=O. The number of aliphatic hydroxyl groups is 1. The Hall–Kier alpha value is -4.12. The Morgan fingerprint density at radius 1 is 0.838 bits per heavy atom. The number of nitrogens with two attached hydrogens (primary N) is 1. The third-order valence-corrected chi connectivity index (χ3v) is 5.38. The molecule has 2 aromatic rings. The highest BCUT2D eigenvalue weighted by molar-refractivity contribution is 5.93. The lowest BCUT2D eigenvalue weighted by Gasteiger charge is -2.25. The molecule has 0 aliphatic carbocycles. The van der Waals surface area contributed by atoms with Crippen LogP contribution in [-0.2, 0) is 32.1 Å². The number of ether oxygens (including phenoxy) is 1. The van der Waals surface area contributed by atoms with Gasteiger partial charge in [-0.05, 0) is 35.6 Å². The maximum absolute atomic E-state index is 13.0. The fourth-order valence-corrected chi connectivity index (χ4v) is 3.44. The van der Waals surface area contributed by atoms with Crippen molar-refractivity contribution in [3.63, 3.8) is 0 Å². The number of alkyl carbamates (subject to hydrolysis) is 1. The number of phenols is 1. The molecular formula is C26H34N4O7. The van der Waals surface area contributed by atoms with Crippen molar-refractivity contribution in [1.29, 1.82) is 0 Å². The van der Waals surface area contributed by atoms with Gasteiger partial charge < -0.3 is 36.6 Å². The maximum Gasteiger partial charge on any atom is 0.408 e. The molecule has 2 aromatic carbocycles. The van der Waals surface area contributed by atoms with Crippen LogP contribution in [-0.4, -0.2) is 58.8 Å². The Labute approximate surface area is 215 Å². The highest BCUT2D eigenvalue weighted by Gasteiger charge is 2.29. The van der Waals surface area contributed by atoms with Gasteiger partial charge in [0, 0.05) is 6.42 Å². The lowest BCUT2D eigenvalue weighted by Crippen LogP contribution is -2.57. The van der Waals surface area contributed by atoms with Crippen molar-refractivity contribution < 1.29 is 34.1 Å².